The van der Waals surface area contributed by atoms with Crippen LogP contribution in [0.5, 0.6) is 0 Å². The summed E-state index contributed by atoms with van der Waals surface area (Å²) < 4.78 is 0. The molecular weight excluding hydrogens is 286 g/mol. The summed E-state index contributed by atoms with van der Waals surface area (Å²) in [6.07, 6.45) is 7.10. The van der Waals surface area contributed by atoms with Crippen molar-refractivity contribution in [3.63, 3.8) is 0 Å². The third kappa shape index (κ3) is 4.53. The maximum Gasteiger partial charge on any atom is 0.319 e. The molecule has 0 heterocycles. The van der Waals surface area contributed by atoms with Gasteiger partial charge in [0.15, 0.2) is 0 Å². The highest BCUT2D eigenvalue weighted by Gasteiger charge is 2.16. The molecule has 1 aromatic rings. The van der Waals surface area contributed by atoms with Crippen molar-refractivity contribution in [2.75, 3.05) is 24.3 Å². The van der Waals surface area contributed by atoms with Crippen molar-refractivity contribution in [2.45, 2.75) is 44.6 Å². The van der Waals surface area contributed by atoms with E-state index in [4.69, 9.17) is 11.6 Å². The molecule has 2 rings (SSSR count). The summed E-state index contributed by atoms with van der Waals surface area (Å²) in [6, 6.07) is 5.68. The van der Waals surface area contributed by atoms with Gasteiger partial charge in [0, 0.05) is 20.1 Å². The number of hydrogen-bond acceptors (Lipinski definition) is 2. The molecule has 0 aliphatic heterocycles. The topological polar surface area (TPSA) is 44.4 Å². The Balaban J connectivity index is 2.00. The Morgan fingerprint density at radius 3 is 2.48 bits per heavy atom. The van der Waals surface area contributed by atoms with E-state index in [1.165, 1.54) is 25.7 Å². The van der Waals surface area contributed by atoms with E-state index < -0.39 is 0 Å². The molecular formula is C16H24ClN3O. The summed E-state index contributed by atoms with van der Waals surface area (Å²) in [5.41, 5.74) is 1.56. The van der Waals surface area contributed by atoms with Crippen LogP contribution in [0.2, 0.25) is 5.02 Å². The Morgan fingerprint density at radius 2 is 1.86 bits per heavy atom. The minimum atomic E-state index is -0.146. The summed E-state index contributed by atoms with van der Waals surface area (Å²) in [6.45, 7) is 0. The average molecular weight is 310 g/mol. The van der Waals surface area contributed by atoms with Crippen LogP contribution in [0.3, 0.4) is 0 Å². The standard InChI is InChI=1S/C16H24ClN3O/c1-20(2)15-13(17)10-7-11-14(15)19-16(21)18-12-8-5-3-4-6-9-12/h7,10-12H,3-6,8-9H2,1-2H3,(H2,18,19,21). The summed E-state index contributed by atoms with van der Waals surface area (Å²) in [7, 11) is 3.82. The quantitative estimate of drug-likeness (QED) is 0.820. The SMILES string of the molecule is CN(C)c1c(Cl)cccc1NC(=O)NC1CCCCCC1. The molecule has 1 aliphatic carbocycles. The molecule has 116 valence electrons. The van der Waals surface area contributed by atoms with E-state index in [9.17, 15) is 4.79 Å². The molecule has 1 fully saturated rings. The van der Waals surface area contributed by atoms with Gasteiger partial charge in [-0.3, -0.25) is 0 Å². The van der Waals surface area contributed by atoms with Crippen molar-refractivity contribution < 1.29 is 4.79 Å². The van der Waals surface area contributed by atoms with Gasteiger partial charge in [0.1, 0.15) is 0 Å². The lowest BCUT2D eigenvalue weighted by Gasteiger charge is -2.21. The van der Waals surface area contributed by atoms with Gasteiger partial charge < -0.3 is 15.5 Å². The molecule has 0 aromatic heterocycles. The largest absolute Gasteiger partial charge is 0.375 e. The van der Waals surface area contributed by atoms with Gasteiger partial charge in [-0.05, 0) is 25.0 Å². The maximum atomic E-state index is 12.2. The Morgan fingerprint density at radius 1 is 1.19 bits per heavy atom. The first-order valence-corrected chi connectivity index (χ1v) is 7.99. The smallest absolute Gasteiger partial charge is 0.319 e. The van der Waals surface area contributed by atoms with E-state index >= 15 is 0 Å². The lowest BCUT2D eigenvalue weighted by atomic mass is 10.1. The third-order valence-electron chi connectivity index (χ3n) is 3.87. The van der Waals surface area contributed by atoms with Crippen LogP contribution < -0.4 is 15.5 Å². The molecule has 0 saturated heterocycles. The first-order valence-electron chi connectivity index (χ1n) is 7.61. The number of urea groups is 1. The summed E-state index contributed by atoms with van der Waals surface area (Å²) >= 11 is 6.21. The van der Waals surface area contributed by atoms with Crippen LogP contribution in [-0.4, -0.2) is 26.2 Å². The van der Waals surface area contributed by atoms with E-state index in [0.717, 1.165) is 24.2 Å². The fourth-order valence-corrected chi connectivity index (χ4v) is 3.18. The first kappa shape index (κ1) is 16.0. The molecule has 0 spiro atoms. The number of carbonyl (C=O) groups excluding carboxylic acids is 1. The Hall–Kier alpha value is -1.42. The molecule has 1 aromatic carbocycles. The van der Waals surface area contributed by atoms with Crippen LogP contribution >= 0.6 is 11.6 Å². The number of halogens is 1. The van der Waals surface area contributed by atoms with Gasteiger partial charge >= 0.3 is 6.03 Å². The van der Waals surface area contributed by atoms with Gasteiger partial charge in [0.05, 0.1) is 16.4 Å². The van der Waals surface area contributed by atoms with Gasteiger partial charge in [-0.1, -0.05) is 43.4 Å². The number of nitrogens with zero attached hydrogens (tertiary/aromatic N) is 1. The van der Waals surface area contributed by atoms with E-state index in [1.807, 2.05) is 37.2 Å². The molecule has 0 bridgehead atoms. The van der Waals surface area contributed by atoms with Crippen LogP contribution in [0.4, 0.5) is 16.2 Å². The normalized spacial score (nSPS) is 16.1. The summed E-state index contributed by atoms with van der Waals surface area (Å²) in [5.74, 6) is 0. The van der Waals surface area contributed by atoms with Crippen molar-refractivity contribution in [3.8, 4) is 0 Å². The number of nitrogens with one attached hydrogen (secondary N) is 2. The van der Waals surface area contributed by atoms with Crippen molar-refractivity contribution >= 4 is 29.0 Å². The second kappa shape index (κ2) is 7.55. The molecule has 4 nitrogen and oxygen atoms in total. The van der Waals surface area contributed by atoms with Crippen LogP contribution in [0.15, 0.2) is 18.2 Å². The second-order valence-corrected chi connectivity index (χ2v) is 6.22. The van der Waals surface area contributed by atoms with E-state index in [-0.39, 0.29) is 12.1 Å². The molecule has 5 heteroatoms. The fraction of sp³-hybridized carbons (Fsp3) is 0.562. The summed E-state index contributed by atoms with van der Waals surface area (Å²) in [5, 5.41) is 6.64. The van der Waals surface area contributed by atoms with E-state index in [2.05, 4.69) is 10.6 Å². The van der Waals surface area contributed by atoms with Crippen LogP contribution in [0, 0.1) is 0 Å². The highest BCUT2D eigenvalue weighted by Crippen LogP contribution is 2.32. The lowest BCUT2D eigenvalue weighted by Crippen LogP contribution is -2.37. The number of para-hydroxylation sites is 1. The van der Waals surface area contributed by atoms with Gasteiger partial charge in [0.25, 0.3) is 0 Å². The second-order valence-electron chi connectivity index (χ2n) is 5.82. The highest BCUT2D eigenvalue weighted by atomic mass is 35.5. The van der Waals surface area contributed by atoms with Gasteiger partial charge in [-0.15, -0.1) is 0 Å². The van der Waals surface area contributed by atoms with Gasteiger partial charge in [-0.25, -0.2) is 4.79 Å². The monoisotopic (exact) mass is 309 g/mol. The predicted molar refractivity (Wildman–Crippen MR) is 89.4 cm³/mol. The van der Waals surface area contributed by atoms with Crippen molar-refractivity contribution in [3.05, 3.63) is 23.2 Å². The Labute approximate surface area is 131 Å². The lowest BCUT2D eigenvalue weighted by molar-refractivity contribution is 0.247. The molecule has 1 aliphatic rings. The van der Waals surface area contributed by atoms with Crippen molar-refractivity contribution in [1.82, 2.24) is 5.32 Å². The Kier molecular flexibility index (Phi) is 5.74. The molecule has 2 amide bonds. The number of carbonyl (C=O) groups is 1. The summed E-state index contributed by atoms with van der Waals surface area (Å²) in [4.78, 5) is 14.1. The molecule has 21 heavy (non-hydrogen) atoms. The molecule has 1 saturated carbocycles. The Bertz CT molecular complexity index is 482. The average Bonchev–Trinajstić information content (AvgIpc) is 2.66. The predicted octanol–water partition coefficient (Wildman–Crippen LogP) is 4.25. The minimum absolute atomic E-state index is 0.146. The zero-order valence-electron chi connectivity index (χ0n) is 12.8. The van der Waals surface area contributed by atoms with Crippen molar-refractivity contribution in [2.24, 2.45) is 0 Å². The number of hydrogen-bond donors (Lipinski definition) is 2. The minimum Gasteiger partial charge on any atom is -0.375 e. The van der Waals surface area contributed by atoms with Gasteiger partial charge in [-0.2, -0.15) is 0 Å². The molecule has 0 unspecified atom stereocenters. The zero-order chi connectivity index (χ0) is 15.2. The van der Waals surface area contributed by atoms with E-state index in [0.29, 0.717) is 5.02 Å². The molecule has 2 N–H and O–H groups in total. The number of amides is 2. The van der Waals surface area contributed by atoms with Crippen LogP contribution in [0.25, 0.3) is 0 Å². The van der Waals surface area contributed by atoms with E-state index in [1.54, 1.807) is 0 Å². The number of rotatable bonds is 3. The van der Waals surface area contributed by atoms with Crippen LogP contribution in [0.1, 0.15) is 38.5 Å². The maximum absolute atomic E-state index is 12.2. The number of benzene rings is 1. The molecule has 0 atom stereocenters. The first-order chi connectivity index (χ1) is 10.1. The third-order valence-corrected chi connectivity index (χ3v) is 4.18. The highest BCUT2D eigenvalue weighted by molar-refractivity contribution is 6.34. The molecule has 0 radical (unpaired) electrons. The number of anilines is 2. The fourth-order valence-electron chi connectivity index (χ4n) is 2.84. The zero-order valence-corrected chi connectivity index (χ0v) is 13.5. The van der Waals surface area contributed by atoms with Crippen molar-refractivity contribution in [1.29, 1.82) is 0 Å². The van der Waals surface area contributed by atoms with Crippen LogP contribution in [-0.2, 0) is 0 Å². The van der Waals surface area contributed by atoms with Gasteiger partial charge in [0.2, 0.25) is 0 Å².